The monoisotopic (exact) mass is 301 g/mol. The smallest absolute Gasteiger partial charge is 0.143 e. The molecule has 21 heavy (non-hydrogen) atoms. The van der Waals surface area contributed by atoms with Crippen LogP contribution in [0.3, 0.4) is 0 Å². The average Bonchev–Trinajstić information content (AvgIpc) is 3.03. The Hall–Kier alpha value is -2.60. The van der Waals surface area contributed by atoms with Gasteiger partial charge in [0.2, 0.25) is 0 Å². The van der Waals surface area contributed by atoms with Crippen molar-refractivity contribution in [1.29, 1.82) is 0 Å². The lowest BCUT2D eigenvalue weighted by molar-refractivity contribution is 0.469. The van der Waals surface area contributed by atoms with Crippen molar-refractivity contribution in [2.45, 2.75) is 6.54 Å². The standard InChI is InChI=1S/C14H12ClN5O/c15-11-5-6-14(21)10(7-11)8-16-12-3-1-2-4-13(12)20-9-17-18-19-20/h1-7,9,16,21H,8H2. The summed E-state index contributed by atoms with van der Waals surface area (Å²) in [5.41, 5.74) is 2.39. The lowest BCUT2D eigenvalue weighted by atomic mass is 10.2. The van der Waals surface area contributed by atoms with Gasteiger partial charge in [0.15, 0.2) is 0 Å². The van der Waals surface area contributed by atoms with Crippen LogP contribution in [0.4, 0.5) is 5.69 Å². The van der Waals surface area contributed by atoms with Crippen molar-refractivity contribution < 1.29 is 5.11 Å². The van der Waals surface area contributed by atoms with Crippen molar-refractivity contribution in [3.8, 4) is 11.4 Å². The van der Waals surface area contributed by atoms with Crippen LogP contribution in [-0.2, 0) is 6.54 Å². The Kier molecular flexibility index (Phi) is 3.70. The van der Waals surface area contributed by atoms with Gasteiger partial charge in [-0.2, -0.15) is 4.68 Å². The molecule has 0 aliphatic rings. The van der Waals surface area contributed by atoms with Crippen molar-refractivity contribution in [2.24, 2.45) is 0 Å². The number of nitrogens with one attached hydrogen (secondary N) is 1. The number of halogens is 1. The molecule has 0 saturated carbocycles. The average molecular weight is 302 g/mol. The summed E-state index contributed by atoms with van der Waals surface area (Å²) >= 11 is 5.94. The lowest BCUT2D eigenvalue weighted by Crippen LogP contribution is -2.05. The number of hydrogen-bond donors (Lipinski definition) is 2. The van der Waals surface area contributed by atoms with E-state index in [0.29, 0.717) is 17.1 Å². The van der Waals surface area contributed by atoms with E-state index in [1.807, 2.05) is 24.3 Å². The fourth-order valence-corrected chi connectivity index (χ4v) is 2.18. The van der Waals surface area contributed by atoms with E-state index in [4.69, 9.17) is 11.6 Å². The summed E-state index contributed by atoms with van der Waals surface area (Å²) in [6.07, 6.45) is 1.53. The highest BCUT2D eigenvalue weighted by molar-refractivity contribution is 6.30. The third-order valence-corrected chi connectivity index (χ3v) is 3.25. The van der Waals surface area contributed by atoms with Crippen LogP contribution in [0.2, 0.25) is 5.02 Å². The third-order valence-electron chi connectivity index (χ3n) is 3.01. The van der Waals surface area contributed by atoms with Gasteiger partial charge in [-0.1, -0.05) is 23.7 Å². The predicted molar refractivity (Wildman–Crippen MR) is 79.6 cm³/mol. The van der Waals surface area contributed by atoms with Crippen LogP contribution >= 0.6 is 11.6 Å². The molecule has 0 bridgehead atoms. The van der Waals surface area contributed by atoms with Gasteiger partial charge >= 0.3 is 0 Å². The molecular weight excluding hydrogens is 290 g/mol. The number of aromatic hydroxyl groups is 1. The van der Waals surface area contributed by atoms with Gasteiger partial charge < -0.3 is 10.4 Å². The molecule has 0 aliphatic carbocycles. The normalized spacial score (nSPS) is 10.5. The van der Waals surface area contributed by atoms with Crippen molar-refractivity contribution in [1.82, 2.24) is 20.2 Å². The van der Waals surface area contributed by atoms with Crippen molar-refractivity contribution >= 4 is 17.3 Å². The van der Waals surface area contributed by atoms with Crippen LogP contribution in [0.1, 0.15) is 5.56 Å². The number of nitrogens with zero attached hydrogens (tertiary/aromatic N) is 4. The molecule has 0 saturated heterocycles. The quantitative estimate of drug-likeness (QED) is 0.775. The van der Waals surface area contributed by atoms with E-state index >= 15 is 0 Å². The number of benzene rings is 2. The molecule has 0 radical (unpaired) electrons. The summed E-state index contributed by atoms with van der Waals surface area (Å²) < 4.78 is 1.57. The Bertz CT molecular complexity index is 745. The number of rotatable bonds is 4. The first kappa shape index (κ1) is 13.4. The van der Waals surface area contributed by atoms with E-state index in [-0.39, 0.29) is 5.75 Å². The van der Waals surface area contributed by atoms with Gasteiger partial charge in [0.1, 0.15) is 12.1 Å². The molecule has 7 heteroatoms. The highest BCUT2D eigenvalue weighted by Crippen LogP contribution is 2.24. The summed E-state index contributed by atoms with van der Waals surface area (Å²) in [6, 6.07) is 12.6. The zero-order valence-corrected chi connectivity index (χ0v) is 11.7. The SMILES string of the molecule is Oc1ccc(Cl)cc1CNc1ccccc1-n1cnnn1. The van der Waals surface area contributed by atoms with Gasteiger partial charge in [0.25, 0.3) is 0 Å². The van der Waals surface area contributed by atoms with E-state index in [1.165, 1.54) is 6.33 Å². The van der Waals surface area contributed by atoms with Gasteiger partial charge in [0, 0.05) is 17.1 Å². The molecule has 0 spiro atoms. The van der Waals surface area contributed by atoms with Crippen LogP contribution in [-0.4, -0.2) is 25.3 Å². The summed E-state index contributed by atoms with van der Waals surface area (Å²) in [4.78, 5) is 0. The van der Waals surface area contributed by atoms with Crippen LogP contribution in [0.25, 0.3) is 5.69 Å². The Morgan fingerprint density at radius 3 is 2.86 bits per heavy atom. The van der Waals surface area contributed by atoms with E-state index in [0.717, 1.165) is 11.4 Å². The highest BCUT2D eigenvalue weighted by atomic mass is 35.5. The zero-order valence-electron chi connectivity index (χ0n) is 10.9. The Morgan fingerprint density at radius 2 is 2.05 bits per heavy atom. The maximum absolute atomic E-state index is 9.83. The molecule has 0 aliphatic heterocycles. The molecule has 3 aromatic rings. The number of anilines is 1. The molecular formula is C14H12ClN5O. The van der Waals surface area contributed by atoms with Crippen molar-refractivity contribution in [3.05, 3.63) is 59.4 Å². The molecule has 2 N–H and O–H groups in total. The van der Waals surface area contributed by atoms with Gasteiger partial charge in [-0.3, -0.25) is 0 Å². The molecule has 1 heterocycles. The molecule has 0 unspecified atom stereocenters. The fourth-order valence-electron chi connectivity index (χ4n) is 1.98. The molecule has 6 nitrogen and oxygen atoms in total. The van der Waals surface area contributed by atoms with Crippen LogP contribution in [0.5, 0.6) is 5.75 Å². The maximum Gasteiger partial charge on any atom is 0.143 e. The molecule has 2 aromatic carbocycles. The highest BCUT2D eigenvalue weighted by Gasteiger charge is 2.07. The molecule has 106 valence electrons. The zero-order chi connectivity index (χ0) is 14.7. The van der Waals surface area contributed by atoms with Crippen molar-refractivity contribution in [3.63, 3.8) is 0 Å². The van der Waals surface area contributed by atoms with Crippen LogP contribution in [0.15, 0.2) is 48.8 Å². The first-order chi connectivity index (χ1) is 10.2. The molecule has 3 rings (SSSR count). The predicted octanol–water partition coefficient (Wildman–Crippen LogP) is 2.63. The number of aromatic nitrogens is 4. The summed E-state index contributed by atoms with van der Waals surface area (Å²) in [5, 5.41) is 24.8. The molecule has 0 fully saturated rings. The Balaban J connectivity index is 1.84. The summed E-state index contributed by atoms with van der Waals surface area (Å²) in [6.45, 7) is 0.436. The molecule has 0 amide bonds. The lowest BCUT2D eigenvalue weighted by Gasteiger charge is -2.12. The Morgan fingerprint density at radius 1 is 1.19 bits per heavy atom. The summed E-state index contributed by atoms with van der Waals surface area (Å²) in [5.74, 6) is 0.201. The first-order valence-electron chi connectivity index (χ1n) is 6.28. The minimum Gasteiger partial charge on any atom is -0.508 e. The topological polar surface area (TPSA) is 75.9 Å². The minimum atomic E-state index is 0.201. The van der Waals surface area contributed by atoms with E-state index in [1.54, 1.807) is 22.9 Å². The van der Waals surface area contributed by atoms with E-state index < -0.39 is 0 Å². The molecule has 0 atom stereocenters. The number of para-hydroxylation sites is 2. The number of hydrogen-bond acceptors (Lipinski definition) is 5. The number of phenolic OH excluding ortho intramolecular Hbond substituents is 1. The third kappa shape index (κ3) is 2.95. The minimum absolute atomic E-state index is 0.201. The van der Waals surface area contributed by atoms with E-state index in [9.17, 15) is 5.11 Å². The largest absolute Gasteiger partial charge is 0.508 e. The number of tetrazole rings is 1. The Labute approximate surface area is 126 Å². The van der Waals surface area contributed by atoms with Gasteiger partial charge in [0.05, 0.1) is 11.4 Å². The van der Waals surface area contributed by atoms with Gasteiger partial charge in [-0.25, -0.2) is 0 Å². The maximum atomic E-state index is 9.83. The number of phenols is 1. The second-order valence-electron chi connectivity index (χ2n) is 4.40. The molecule has 1 aromatic heterocycles. The van der Waals surface area contributed by atoms with Gasteiger partial charge in [-0.15, -0.1) is 5.10 Å². The van der Waals surface area contributed by atoms with Crippen molar-refractivity contribution in [2.75, 3.05) is 5.32 Å². The fraction of sp³-hybridized carbons (Fsp3) is 0.0714. The van der Waals surface area contributed by atoms with Crippen LogP contribution < -0.4 is 5.32 Å². The van der Waals surface area contributed by atoms with Gasteiger partial charge in [-0.05, 0) is 40.8 Å². The second-order valence-corrected chi connectivity index (χ2v) is 4.83. The first-order valence-corrected chi connectivity index (χ1v) is 6.65. The summed E-state index contributed by atoms with van der Waals surface area (Å²) in [7, 11) is 0. The van der Waals surface area contributed by atoms with Crippen LogP contribution in [0, 0.1) is 0 Å². The van der Waals surface area contributed by atoms with E-state index in [2.05, 4.69) is 20.8 Å². The second kappa shape index (κ2) is 5.80.